The fourth-order valence-electron chi connectivity index (χ4n) is 1.23. The molecular weight excluding hydrogens is 284 g/mol. The first-order valence-corrected chi connectivity index (χ1v) is 7.73. The molecule has 0 atom stereocenters. The Morgan fingerprint density at radius 3 is 2.56 bits per heavy atom. The lowest BCUT2D eigenvalue weighted by Crippen LogP contribution is -2.18. The van der Waals surface area contributed by atoms with Crippen LogP contribution in [0.1, 0.15) is 0 Å². The monoisotopic (exact) mass is 295 g/mol. The number of alkyl halides is 2. The van der Waals surface area contributed by atoms with E-state index in [1.807, 2.05) is 0 Å². The highest BCUT2D eigenvalue weighted by Crippen LogP contribution is 2.26. The van der Waals surface area contributed by atoms with E-state index in [4.69, 9.17) is 0 Å². The first kappa shape index (κ1) is 14.9. The summed E-state index contributed by atoms with van der Waals surface area (Å²) in [6.07, 6.45) is 1.70. The van der Waals surface area contributed by atoms with E-state index in [9.17, 15) is 22.0 Å². The van der Waals surface area contributed by atoms with Gasteiger partial charge < -0.3 is 5.32 Å². The summed E-state index contributed by atoms with van der Waals surface area (Å²) in [5, 5.41) is 2.30. The number of sulfone groups is 1. The average molecular weight is 295 g/mol. The Hall–Kier alpha value is -1.15. The van der Waals surface area contributed by atoms with Crippen LogP contribution >= 0.6 is 11.8 Å². The number of anilines is 1. The Morgan fingerprint density at radius 1 is 1.39 bits per heavy atom. The molecule has 0 aliphatic heterocycles. The molecule has 0 saturated heterocycles. The summed E-state index contributed by atoms with van der Waals surface area (Å²) in [6, 6.07) is 5.09. The Labute approximate surface area is 108 Å². The molecule has 0 bridgehead atoms. The molecule has 1 aromatic carbocycles. The Bertz CT molecular complexity index is 532. The molecule has 0 aromatic heterocycles. The second kappa shape index (κ2) is 6.14. The van der Waals surface area contributed by atoms with Crippen LogP contribution in [0.25, 0.3) is 0 Å². The number of para-hydroxylation sites is 1. The van der Waals surface area contributed by atoms with Gasteiger partial charge in [-0.25, -0.2) is 8.42 Å². The molecule has 0 spiro atoms. The van der Waals surface area contributed by atoms with Crippen molar-refractivity contribution in [3.8, 4) is 0 Å². The molecule has 8 heteroatoms. The average Bonchev–Trinajstić information content (AvgIpc) is 2.29. The van der Waals surface area contributed by atoms with Gasteiger partial charge in [0.2, 0.25) is 15.7 Å². The minimum atomic E-state index is -4.72. The maximum atomic E-state index is 12.5. The van der Waals surface area contributed by atoms with Crippen LogP contribution < -0.4 is 5.32 Å². The van der Waals surface area contributed by atoms with Gasteiger partial charge in [-0.05, 0) is 18.4 Å². The lowest BCUT2D eigenvalue weighted by atomic mass is 10.3. The number of thioether (sulfide) groups is 1. The number of benzene rings is 1. The molecule has 0 heterocycles. The van der Waals surface area contributed by atoms with Gasteiger partial charge in [-0.15, -0.1) is 0 Å². The maximum absolute atomic E-state index is 12.5. The second-order valence-corrected chi connectivity index (χ2v) is 6.04. The summed E-state index contributed by atoms with van der Waals surface area (Å²) < 4.78 is 47.7. The van der Waals surface area contributed by atoms with Crippen molar-refractivity contribution in [3.05, 3.63) is 24.3 Å². The predicted molar refractivity (Wildman–Crippen MR) is 66.6 cm³/mol. The van der Waals surface area contributed by atoms with Crippen molar-refractivity contribution >= 4 is 33.2 Å². The Morgan fingerprint density at radius 2 is 2.00 bits per heavy atom. The second-order valence-electron chi connectivity index (χ2n) is 3.28. The molecule has 4 nitrogen and oxygen atoms in total. The van der Waals surface area contributed by atoms with Crippen molar-refractivity contribution in [3.63, 3.8) is 0 Å². The van der Waals surface area contributed by atoms with Gasteiger partial charge in [-0.1, -0.05) is 12.1 Å². The van der Waals surface area contributed by atoms with Crippen molar-refractivity contribution < 1.29 is 22.0 Å². The first-order chi connectivity index (χ1) is 8.39. The zero-order valence-corrected chi connectivity index (χ0v) is 11.0. The molecule has 1 amide bonds. The number of nitrogens with one attached hydrogen (secondary N) is 1. The van der Waals surface area contributed by atoms with Gasteiger partial charge in [-0.3, -0.25) is 4.79 Å². The highest BCUT2D eigenvalue weighted by Gasteiger charge is 2.29. The molecule has 0 saturated carbocycles. The summed E-state index contributed by atoms with van der Waals surface area (Å²) >= 11 is 1.24. The lowest BCUT2D eigenvalue weighted by molar-refractivity contribution is -0.113. The SMILES string of the molecule is CSCC(=O)Nc1ccccc1S(=O)(=O)C(F)F. The van der Waals surface area contributed by atoms with E-state index >= 15 is 0 Å². The summed E-state index contributed by atoms with van der Waals surface area (Å²) in [5.74, 6) is -3.85. The van der Waals surface area contributed by atoms with E-state index in [2.05, 4.69) is 5.32 Å². The predicted octanol–water partition coefficient (Wildman–Crippen LogP) is 1.98. The van der Waals surface area contributed by atoms with Gasteiger partial charge in [0, 0.05) is 0 Å². The molecule has 0 fully saturated rings. The number of hydrogen-bond donors (Lipinski definition) is 1. The van der Waals surface area contributed by atoms with E-state index in [0.717, 1.165) is 6.07 Å². The summed E-state index contributed by atoms with van der Waals surface area (Å²) in [6.45, 7) is 0. The molecular formula is C10H11F2NO3S2. The van der Waals surface area contributed by atoms with Crippen LogP contribution in [0.3, 0.4) is 0 Å². The highest BCUT2D eigenvalue weighted by molar-refractivity contribution is 7.99. The number of hydrogen-bond acceptors (Lipinski definition) is 4. The summed E-state index contributed by atoms with van der Waals surface area (Å²) in [4.78, 5) is 10.8. The normalized spacial score (nSPS) is 11.6. The molecule has 0 aliphatic rings. The first-order valence-electron chi connectivity index (χ1n) is 4.79. The third-order valence-electron chi connectivity index (χ3n) is 1.98. The minimum Gasteiger partial charge on any atom is -0.324 e. The Kier molecular flexibility index (Phi) is 5.09. The molecule has 18 heavy (non-hydrogen) atoms. The molecule has 1 aromatic rings. The number of carbonyl (C=O) groups is 1. The summed E-state index contributed by atoms with van der Waals surface area (Å²) in [7, 11) is -4.72. The third-order valence-corrected chi connectivity index (χ3v) is 3.97. The van der Waals surface area contributed by atoms with Gasteiger partial charge in [-0.2, -0.15) is 20.5 Å². The quantitative estimate of drug-likeness (QED) is 0.902. The van der Waals surface area contributed by atoms with Crippen molar-refractivity contribution in [2.24, 2.45) is 0 Å². The zero-order chi connectivity index (χ0) is 13.8. The molecule has 0 radical (unpaired) electrons. The lowest BCUT2D eigenvalue weighted by Gasteiger charge is -2.10. The highest BCUT2D eigenvalue weighted by atomic mass is 32.2. The number of rotatable bonds is 5. The van der Waals surface area contributed by atoms with Crippen molar-refractivity contribution in [2.75, 3.05) is 17.3 Å². The minimum absolute atomic E-state index is 0.114. The number of carbonyl (C=O) groups excluding carboxylic acids is 1. The molecule has 1 rings (SSSR count). The van der Waals surface area contributed by atoms with Crippen LogP contribution in [0.5, 0.6) is 0 Å². The van der Waals surface area contributed by atoms with Gasteiger partial charge in [0.05, 0.1) is 16.3 Å². The third kappa shape index (κ3) is 3.42. The maximum Gasteiger partial charge on any atom is 0.341 e. The van der Waals surface area contributed by atoms with E-state index in [1.165, 1.54) is 30.0 Å². The van der Waals surface area contributed by atoms with Crippen molar-refractivity contribution in [2.45, 2.75) is 10.7 Å². The molecule has 1 N–H and O–H groups in total. The van der Waals surface area contributed by atoms with Crippen LogP contribution in [0, 0.1) is 0 Å². The van der Waals surface area contributed by atoms with Crippen LogP contribution in [-0.4, -0.2) is 32.1 Å². The van der Waals surface area contributed by atoms with Crippen LogP contribution in [-0.2, 0) is 14.6 Å². The fraction of sp³-hybridized carbons (Fsp3) is 0.300. The number of halogens is 2. The van der Waals surface area contributed by atoms with Crippen LogP contribution in [0.15, 0.2) is 29.2 Å². The Balaban J connectivity index is 3.12. The molecule has 0 aliphatic carbocycles. The fourth-order valence-corrected chi connectivity index (χ4v) is 2.45. The topological polar surface area (TPSA) is 63.2 Å². The van der Waals surface area contributed by atoms with Crippen LogP contribution in [0.4, 0.5) is 14.5 Å². The molecule has 100 valence electrons. The summed E-state index contributed by atoms with van der Waals surface area (Å²) in [5.41, 5.74) is -0.128. The van der Waals surface area contributed by atoms with E-state index < -0.39 is 26.4 Å². The number of amides is 1. The molecule has 0 unspecified atom stereocenters. The van der Waals surface area contributed by atoms with E-state index in [0.29, 0.717) is 0 Å². The van der Waals surface area contributed by atoms with E-state index in [1.54, 1.807) is 6.26 Å². The van der Waals surface area contributed by atoms with Gasteiger partial charge >= 0.3 is 5.76 Å². The van der Waals surface area contributed by atoms with E-state index in [-0.39, 0.29) is 11.4 Å². The largest absolute Gasteiger partial charge is 0.341 e. The standard InChI is InChI=1S/C10H11F2NO3S2/c1-17-6-9(14)13-7-4-2-3-5-8(7)18(15,16)10(11)12/h2-5,10H,6H2,1H3,(H,13,14). The van der Waals surface area contributed by atoms with Gasteiger partial charge in [0.15, 0.2) is 0 Å². The van der Waals surface area contributed by atoms with Gasteiger partial charge in [0.1, 0.15) is 0 Å². The van der Waals surface area contributed by atoms with Crippen molar-refractivity contribution in [1.29, 1.82) is 0 Å². The van der Waals surface area contributed by atoms with Crippen molar-refractivity contribution in [1.82, 2.24) is 0 Å². The van der Waals surface area contributed by atoms with Gasteiger partial charge in [0.25, 0.3) is 0 Å². The zero-order valence-electron chi connectivity index (χ0n) is 9.39. The smallest absolute Gasteiger partial charge is 0.324 e. The van der Waals surface area contributed by atoms with Crippen LogP contribution in [0.2, 0.25) is 0 Å².